The predicted octanol–water partition coefficient (Wildman–Crippen LogP) is 0.753. The van der Waals surface area contributed by atoms with E-state index < -0.39 is 6.09 Å². The summed E-state index contributed by atoms with van der Waals surface area (Å²) in [5.74, 6) is 0.549. The molecule has 0 aliphatic carbocycles. The molecule has 0 aromatic rings. The second kappa shape index (κ2) is 9.21. The van der Waals surface area contributed by atoms with Gasteiger partial charge in [-0.25, -0.2) is 4.79 Å². The Bertz CT molecular complexity index is 513. The van der Waals surface area contributed by atoms with Crippen LogP contribution in [0.3, 0.4) is 0 Å². The van der Waals surface area contributed by atoms with Gasteiger partial charge in [0.1, 0.15) is 13.2 Å². The molecule has 0 bridgehead atoms. The minimum absolute atomic E-state index is 0.0170. The molecule has 3 fully saturated rings. The first-order valence-electron chi connectivity index (χ1n) is 9.69. The third kappa shape index (κ3) is 5.33. The van der Waals surface area contributed by atoms with Gasteiger partial charge >= 0.3 is 6.09 Å². The highest BCUT2D eigenvalue weighted by atomic mass is 16.6. The number of hydrogen-bond donors (Lipinski definition) is 1. The largest absolute Gasteiger partial charge is 0.448 e. The van der Waals surface area contributed by atoms with Gasteiger partial charge in [-0.1, -0.05) is 0 Å². The van der Waals surface area contributed by atoms with Crippen molar-refractivity contribution in [2.75, 3.05) is 45.9 Å². The predicted molar refractivity (Wildman–Crippen MR) is 93.4 cm³/mol. The molecule has 3 aliphatic rings. The minimum Gasteiger partial charge on any atom is -0.448 e. The SMILES string of the molecule is O=C(CCC1CCN(C(=O)CN2CCOC2=O)CC1)NC[C@H]1CCCO1. The molecule has 8 heteroatoms. The fourth-order valence-corrected chi connectivity index (χ4v) is 3.76. The van der Waals surface area contributed by atoms with Gasteiger partial charge in [0.15, 0.2) is 0 Å². The van der Waals surface area contributed by atoms with E-state index >= 15 is 0 Å². The van der Waals surface area contributed by atoms with Crippen LogP contribution in [-0.2, 0) is 19.1 Å². The molecule has 1 N–H and O–H groups in total. The number of nitrogens with one attached hydrogen (secondary N) is 1. The van der Waals surface area contributed by atoms with Crippen LogP contribution in [0.15, 0.2) is 0 Å². The molecule has 8 nitrogen and oxygen atoms in total. The smallest absolute Gasteiger partial charge is 0.410 e. The molecule has 3 aliphatic heterocycles. The van der Waals surface area contributed by atoms with E-state index in [1.807, 2.05) is 4.90 Å². The summed E-state index contributed by atoms with van der Waals surface area (Å²) >= 11 is 0. The number of nitrogens with zero attached hydrogens (tertiary/aromatic N) is 2. The van der Waals surface area contributed by atoms with Gasteiger partial charge in [0, 0.05) is 32.7 Å². The van der Waals surface area contributed by atoms with Gasteiger partial charge in [-0.2, -0.15) is 0 Å². The van der Waals surface area contributed by atoms with Gasteiger partial charge in [0.05, 0.1) is 12.6 Å². The summed E-state index contributed by atoms with van der Waals surface area (Å²) in [4.78, 5) is 38.9. The van der Waals surface area contributed by atoms with Crippen LogP contribution in [-0.4, -0.2) is 79.7 Å². The fourth-order valence-electron chi connectivity index (χ4n) is 3.76. The Morgan fingerprint density at radius 1 is 1.12 bits per heavy atom. The molecule has 146 valence electrons. The Morgan fingerprint density at radius 3 is 2.58 bits per heavy atom. The lowest BCUT2D eigenvalue weighted by Crippen LogP contribution is -2.44. The molecule has 0 aromatic carbocycles. The number of amides is 3. The first kappa shape index (κ1) is 18.9. The summed E-state index contributed by atoms with van der Waals surface area (Å²) in [6.07, 6.45) is 5.11. The standard InChI is InChI=1S/C18H29N3O5/c22-16(19-12-15-2-1-10-25-15)4-3-14-5-7-20(8-6-14)17(23)13-21-9-11-26-18(21)24/h14-15H,1-13H2,(H,19,22)/t15-/m1/s1. The van der Waals surface area contributed by atoms with E-state index in [1.54, 1.807) is 0 Å². The number of cyclic esters (lactones) is 1. The molecule has 0 unspecified atom stereocenters. The quantitative estimate of drug-likeness (QED) is 0.717. The van der Waals surface area contributed by atoms with Crippen molar-refractivity contribution >= 4 is 17.9 Å². The molecule has 1 atom stereocenters. The Labute approximate surface area is 154 Å². The summed E-state index contributed by atoms with van der Waals surface area (Å²) in [6.45, 7) is 3.77. The van der Waals surface area contributed by atoms with Gasteiger partial charge in [-0.15, -0.1) is 0 Å². The molecular weight excluding hydrogens is 338 g/mol. The number of carbonyl (C=O) groups excluding carboxylic acids is 3. The highest BCUT2D eigenvalue weighted by Gasteiger charge is 2.28. The van der Waals surface area contributed by atoms with Crippen molar-refractivity contribution in [1.29, 1.82) is 0 Å². The maximum absolute atomic E-state index is 12.3. The highest BCUT2D eigenvalue weighted by molar-refractivity contribution is 5.83. The summed E-state index contributed by atoms with van der Waals surface area (Å²) in [6, 6.07) is 0. The lowest BCUT2D eigenvalue weighted by Gasteiger charge is -2.32. The zero-order valence-electron chi connectivity index (χ0n) is 15.3. The van der Waals surface area contributed by atoms with E-state index in [1.165, 1.54) is 4.90 Å². The Hall–Kier alpha value is -1.83. The monoisotopic (exact) mass is 367 g/mol. The van der Waals surface area contributed by atoms with Gasteiger partial charge in [-0.3, -0.25) is 14.5 Å². The number of ether oxygens (including phenoxy) is 2. The number of hydrogen-bond acceptors (Lipinski definition) is 5. The average molecular weight is 367 g/mol. The second-order valence-electron chi connectivity index (χ2n) is 7.34. The highest BCUT2D eigenvalue weighted by Crippen LogP contribution is 2.22. The van der Waals surface area contributed by atoms with Gasteiger partial charge in [-0.05, 0) is 38.0 Å². The number of rotatable bonds is 7. The van der Waals surface area contributed by atoms with E-state index in [4.69, 9.17) is 9.47 Å². The van der Waals surface area contributed by atoms with Crippen LogP contribution in [0, 0.1) is 5.92 Å². The van der Waals surface area contributed by atoms with Crippen LogP contribution < -0.4 is 5.32 Å². The maximum Gasteiger partial charge on any atom is 0.410 e. The summed E-state index contributed by atoms with van der Waals surface area (Å²) in [7, 11) is 0. The Balaban J connectivity index is 1.28. The molecule has 3 saturated heterocycles. The lowest BCUT2D eigenvalue weighted by molar-refractivity contribution is -0.133. The molecule has 0 radical (unpaired) electrons. The van der Waals surface area contributed by atoms with E-state index in [2.05, 4.69) is 5.32 Å². The minimum atomic E-state index is -0.401. The maximum atomic E-state index is 12.3. The van der Waals surface area contributed by atoms with Crippen molar-refractivity contribution in [2.24, 2.45) is 5.92 Å². The van der Waals surface area contributed by atoms with Crippen LogP contribution in [0.5, 0.6) is 0 Å². The molecule has 0 aromatic heterocycles. The summed E-state index contributed by atoms with van der Waals surface area (Å²) < 4.78 is 10.3. The summed E-state index contributed by atoms with van der Waals surface area (Å²) in [5.41, 5.74) is 0. The lowest BCUT2D eigenvalue weighted by atomic mass is 9.92. The van der Waals surface area contributed by atoms with Crippen molar-refractivity contribution in [2.45, 2.75) is 44.6 Å². The molecule has 26 heavy (non-hydrogen) atoms. The van der Waals surface area contributed by atoms with Crippen molar-refractivity contribution in [3.8, 4) is 0 Å². The first-order valence-corrected chi connectivity index (χ1v) is 9.69. The van der Waals surface area contributed by atoms with E-state index in [0.29, 0.717) is 45.1 Å². The molecule has 3 heterocycles. The van der Waals surface area contributed by atoms with E-state index in [9.17, 15) is 14.4 Å². The van der Waals surface area contributed by atoms with E-state index in [-0.39, 0.29) is 24.5 Å². The third-order valence-corrected chi connectivity index (χ3v) is 5.47. The number of likely N-dealkylation sites (tertiary alicyclic amines) is 1. The van der Waals surface area contributed by atoms with Crippen molar-refractivity contribution in [3.63, 3.8) is 0 Å². The van der Waals surface area contributed by atoms with Crippen molar-refractivity contribution < 1.29 is 23.9 Å². The van der Waals surface area contributed by atoms with Crippen molar-refractivity contribution in [3.05, 3.63) is 0 Å². The van der Waals surface area contributed by atoms with Gasteiger partial charge < -0.3 is 19.7 Å². The zero-order chi connectivity index (χ0) is 18.4. The summed E-state index contributed by atoms with van der Waals surface area (Å²) in [5, 5.41) is 2.96. The fraction of sp³-hybridized carbons (Fsp3) is 0.833. The van der Waals surface area contributed by atoms with Crippen LogP contribution >= 0.6 is 0 Å². The average Bonchev–Trinajstić information content (AvgIpc) is 3.31. The van der Waals surface area contributed by atoms with Crippen LogP contribution in [0.1, 0.15) is 38.5 Å². The topological polar surface area (TPSA) is 88.2 Å². The molecule has 0 spiro atoms. The first-order chi connectivity index (χ1) is 12.6. The third-order valence-electron chi connectivity index (χ3n) is 5.47. The van der Waals surface area contributed by atoms with Crippen LogP contribution in [0.4, 0.5) is 4.79 Å². The number of piperidine rings is 1. The molecule has 3 amide bonds. The van der Waals surface area contributed by atoms with Gasteiger partial charge in [0.2, 0.25) is 11.8 Å². The molecular formula is C18H29N3O5. The zero-order valence-corrected chi connectivity index (χ0v) is 15.3. The normalized spacial score (nSPS) is 24.0. The van der Waals surface area contributed by atoms with Crippen molar-refractivity contribution in [1.82, 2.24) is 15.1 Å². The van der Waals surface area contributed by atoms with Crippen LogP contribution in [0.25, 0.3) is 0 Å². The van der Waals surface area contributed by atoms with E-state index in [0.717, 1.165) is 38.7 Å². The Morgan fingerprint density at radius 2 is 1.92 bits per heavy atom. The van der Waals surface area contributed by atoms with Crippen LogP contribution in [0.2, 0.25) is 0 Å². The second-order valence-corrected chi connectivity index (χ2v) is 7.34. The Kier molecular flexibility index (Phi) is 6.71. The molecule has 0 saturated carbocycles. The van der Waals surface area contributed by atoms with Gasteiger partial charge in [0.25, 0.3) is 0 Å². The molecule has 3 rings (SSSR count). The number of carbonyl (C=O) groups is 3.